The highest BCUT2D eigenvalue weighted by molar-refractivity contribution is 6.03. The fourth-order valence-corrected chi connectivity index (χ4v) is 5.15. The Kier molecular flexibility index (Phi) is 8.47. The number of nitrogens with zero attached hydrogens (tertiary/aromatic N) is 5. The number of hydrogen-bond acceptors (Lipinski definition) is 9. The van der Waals surface area contributed by atoms with Crippen LogP contribution < -0.4 is 20.1 Å². The van der Waals surface area contributed by atoms with Crippen LogP contribution in [-0.4, -0.2) is 73.5 Å². The Morgan fingerprint density at radius 2 is 1.76 bits per heavy atom. The van der Waals surface area contributed by atoms with Gasteiger partial charge in [-0.25, -0.2) is 19.4 Å². The molecule has 3 aromatic heterocycles. The topological polar surface area (TPSA) is 149 Å². The molecule has 3 N–H and O–H groups in total. The van der Waals surface area contributed by atoms with Crippen LogP contribution in [0.25, 0.3) is 11.0 Å². The van der Waals surface area contributed by atoms with Crippen molar-refractivity contribution in [3.63, 3.8) is 0 Å². The fourth-order valence-electron chi connectivity index (χ4n) is 5.15. The van der Waals surface area contributed by atoms with E-state index in [0.29, 0.717) is 59.5 Å². The molecular formula is C33H36N8O5. The number of aromatic nitrogens is 5. The van der Waals surface area contributed by atoms with E-state index in [4.69, 9.17) is 19.3 Å². The standard InChI is InChI=1S/C33H36N8O5/c1-33(2,3)46-32(43)40-18-14-23(20-40)37-28-27-26(45-25-11-7-22(8-12-25)30(42)38-31-35-16-17-36-31)13-15-34-29(27)41(39-28)19-21-5-9-24(44-4)10-6-21/h5-13,15-17,23H,14,18-20H2,1-4H3,(H,37,39)(H2,35,36,38,42). The number of benzene rings is 2. The number of rotatable bonds is 9. The Labute approximate surface area is 265 Å². The van der Waals surface area contributed by atoms with Gasteiger partial charge in [-0.3, -0.25) is 10.1 Å². The van der Waals surface area contributed by atoms with Gasteiger partial charge in [-0.1, -0.05) is 12.1 Å². The largest absolute Gasteiger partial charge is 0.497 e. The summed E-state index contributed by atoms with van der Waals surface area (Å²) in [6.45, 7) is 7.08. The Bertz CT molecular complexity index is 1810. The first kappa shape index (κ1) is 30.4. The third kappa shape index (κ3) is 7.04. The molecule has 0 saturated carbocycles. The van der Waals surface area contributed by atoms with Crippen LogP contribution in [0.1, 0.15) is 43.1 Å². The van der Waals surface area contributed by atoms with Crippen molar-refractivity contribution in [1.82, 2.24) is 29.6 Å². The molecule has 46 heavy (non-hydrogen) atoms. The summed E-state index contributed by atoms with van der Waals surface area (Å²) >= 11 is 0. The highest BCUT2D eigenvalue weighted by Gasteiger charge is 2.31. The molecule has 0 spiro atoms. The smallest absolute Gasteiger partial charge is 0.410 e. The molecule has 4 heterocycles. The number of H-pyrrole nitrogens is 1. The van der Waals surface area contributed by atoms with Gasteiger partial charge in [0.15, 0.2) is 11.5 Å². The second kappa shape index (κ2) is 12.8. The predicted molar refractivity (Wildman–Crippen MR) is 173 cm³/mol. The number of carbonyl (C=O) groups excluding carboxylic acids is 2. The first-order valence-corrected chi connectivity index (χ1v) is 15.0. The summed E-state index contributed by atoms with van der Waals surface area (Å²) in [4.78, 5) is 38.6. The zero-order valence-corrected chi connectivity index (χ0v) is 26.1. The van der Waals surface area contributed by atoms with Gasteiger partial charge in [-0.05, 0) is 69.2 Å². The number of imidazole rings is 1. The zero-order chi connectivity index (χ0) is 32.3. The van der Waals surface area contributed by atoms with Crippen molar-refractivity contribution >= 4 is 34.8 Å². The van der Waals surface area contributed by atoms with E-state index < -0.39 is 5.60 Å². The minimum absolute atomic E-state index is 0.0555. The van der Waals surface area contributed by atoms with Gasteiger partial charge in [0.1, 0.15) is 28.2 Å². The Balaban J connectivity index is 1.26. The number of amides is 2. The molecule has 2 amide bonds. The monoisotopic (exact) mass is 624 g/mol. The third-order valence-corrected chi connectivity index (χ3v) is 7.34. The van der Waals surface area contributed by atoms with Gasteiger partial charge in [0, 0.05) is 49.4 Å². The number of fused-ring (bicyclic) bond motifs is 1. The number of aromatic amines is 1. The van der Waals surface area contributed by atoms with Crippen molar-refractivity contribution in [2.45, 2.75) is 45.4 Å². The third-order valence-electron chi connectivity index (χ3n) is 7.34. The van der Waals surface area contributed by atoms with E-state index in [1.807, 2.05) is 49.7 Å². The second-order valence-corrected chi connectivity index (χ2v) is 11.9. The van der Waals surface area contributed by atoms with Crippen LogP contribution in [0.4, 0.5) is 16.6 Å². The van der Waals surface area contributed by atoms with Crippen molar-refractivity contribution < 1.29 is 23.8 Å². The highest BCUT2D eigenvalue weighted by Crippen LogP contribution is 2.35. The van der Waals surface area contributed by atoms with Gasteiger partial charge >= 0.3 is 6.09 Å². The van der Waals surface area contributed by atoms with E-state index >= 15 is 0 Å². The summed E-state index contributed by atoms with van der Waals surface area (Å²) in [6, 6.07) is 16.3. The van der Waals surface area contributed by atoms with Crippen molar-refractivity contribution in [2.75, 3.05) is 30.8 Å². The van der Waals surface area contributed by atoms with E-state index in [1.54, 1.807) is 60.9 Å². The summed E-state index contributed by atoms with van der Waals surface area (Å²) in [7, 11) is 1.63. The minimum Gasteiger partial charge on any atom is -0.497 e. The first-order chi connectivity index (χ1) is 22.1. The van der Waals surface area contributed by atoms with Gasteiger partial charge in [0.25, 0.3) is 5.91 Å². The molecule has 0 radical (unpaired) electrons. The Morgan fingerprint density at radius 1 is 1.00 bits per heavy atom. The van der Waals surface area contributed by atoms with Crippen LogP contribution in [-0.2, 0) is 11.3 Å². The minimum atomic E-state index is -0.571. The van der Waals surface area contributed by atoms with Crippen LogP contribution in [0.2, 0.25) is 0 Å². The molecular weight excluding hydrogens is 588 g/mol. The van der Waals surface area contributed by atoms with Gasteiger partial charge in [-0.2, -0.15) is 5.10 Å². The fraction of sp³-hybridized carbons (Fsp3) is 0.303. The van der Waals surface area contributed by atoms with Crippen LogP contribution in [0, 0.1) is 0 Å². The number of anilines is 2. The lowest BCUT2D eigenvalue weighted by atomic mass is 10.2. The summed E-state index contributed by atoms with van der Waals surface area (Å²) in [5, 5.41) is 11.9. The molecule has 1 aliphatic heterocycles. The van der Waals surface area contributed by atoms with Crippen LogP contribution in [0.15, 0.2) is 73.2 Å². The predicted octanol–water partition coefficient (Wildman–Crippen LogP) is 5.68. The normalized spacial score (nSPS) is 14.7. The number of likely N-dealkylation sites (tertiary alicyclic amines) is 1. The maximum Gasteiger partial charge on any atom is 0.410 e. The second-order valence-electron chi connectivity index (χ2n) is 11.9. The maximum absolute atomic E-state index is 12.7. The number of hydrogen-bond donors (Lipinski definition) is 3. The van der Waals surface area contributed by atoms with Crippen molar-refractivity contribution in [2.24, 2.45) is 0 Å². The summed E-state index contributed by atoms with van der Waals surface area (Å²) < 4.78 is 19.1. The van der Waals surface area contributed by atoms with Gasteiger partial charge in [-0.15, -0.1) is 0 Å². The molecule has 13 heteroatoms. The average Bonchev–Trinajstić information content (AvgIpc) is 3.79. The number of ether oxygens (including phenoxy) is 3. The number of pyridine rings is 1. The van der Waals surface area contributed by atoms with Crippen LogP contribution >= 0.6 is 0 Å². The molecule has 1 unspecified atom stereocenters. The van der Waals surface area contributed by atoms with Crippen molar-refractivity contribution in [3.8, 4) is 17.2 Å². The first-order valence-electron chi connectivity index (χ1n) is 15.0. The van der Waals surface area contributed by atoms with Gasteiger partial charge in [0.05, 0.1) is 13.7 Å². The lowest BCUT2D eigenvalue weighted by Gasteiger charge is -2.24. The van der Waals surface area contributed by atoms with Gasteiger partial charge in [0.2, 0.25) is 5.95 Å². The van der Waals surface area contributed by atoms with E-state index in [-0.39, 0.29) is 18.0 Å². The Hall–Kier alpha value is -5.59. The quantitative estimate of drug-likeness (QED) is 0.188. The Morgan fingerprint density at radius 3 is 2.46 bits per heavy atom. The molecule has 238 valence electrons. The van der Waals surface area contributed by atoms with Crippen molar-refractivity contribution in [1.29, 1.82) is 0 Å². The van der Waals surface area contributed by atoms with E-state index in [0.717, 1.165) is 17.7 Å². The average molecular weight is 625 g/mol. The molecule has 1 atom stereocenters. The molecule has 2 aromatic carbocycles. The van der Waals surface area contributed by atoms with E-state index in [9.17, 15) is 9.59 Å². The van der Waals surface area contributed by atoms with Crippen LogP contribution in [0.3, 0.4) is 0 Å². The molecule has 1 saturated heterocycles. The SMILES string of the molecule is COc1ccc(Cn2nc(NC3CCN(C(=O)OC(C)(C)C)C3)c3c(Oc4ccc(C(=O)Nc5ncc[nH]5)cc4)ccnc32)cc1. The summed E-state index contributed by atoms with van der Waals surface area (Å²) in [5.74, 6) is 2.52. The highest BCUT2D eigenvalue weighted by atomic mass is 16.6. The molecule has 0 aliphatic carbocycles. The van der Waals surface area contributed by atoms with Crippen LogP contribution in [0.5, 0.6) is 17.2 Å². The maximum atomic E-state index is 12.7. The molecule has 5 aromatic rings. The summed E-state index contributed by atoms with van der Waals surface area (Å²) in [5.41, 5.74) is 1.53. The van der Waals surface area contributed by atoms with Gasteiger partial charge < -0.3 is 29.4 Å². The molecule has 6 rings (SSSR count). The molecule has 1 fully saturated rings. The molecule has 13 nitrogen and oxygen atoms in total. The lowest BCUT2D eigenvalue weighted by molar-refractivity contribution is 0.0293. The molecule has 0 bridgehead atoms. The molecule has 1 aliphatic rings. The summed E-state index contributed by atoms with van der Waals surface area (Å²) in [6.07, 6.45) is 5.27. The van der Waals surface area contributed by atoms with E-state index in [1.165, 1.54) is 0 Å². The number of nitrogens with one attached hydrogen (secondary N) is 3. The van der Waals surface area contributed by atoms with E-state index in [2.05, 4.69) is 25.6 Å². The number of methoxy groups -OCH3 is 1. The van der Waals surface area contributed by atoms with Crippen molar-refractivity contribution in [3.05, 3.63) is 84.3 Å². The number of carbonyl (C=O) groups is 2. The zero-order valence-electron chi connectivity index (χ0n) is 26.1. The lowest BCUT2D eigenvalue weighted by Crippen LogP contribution is -2.36.